The highest BCUT2D eigenvalue weighted by molar-refractivity contribution is 7.46. The van der Waals surface area contributed by atoms with E-state index in [2.05, 4.69) is 10.3 Å². The minimum Gasteiger partial charge on any atom is -0.480 e. The van der Waals surface area contributed by atoms with E-state index in [1.807, 2.05) is 0 Å². The molecule has 0 aromatic carbocycles. The summed E-state index contributed by atoms with van der Waals surface area (Å²) in [5.74, 6) is -0.955. The molecule has 1 amide bonds. The molecular formula is C6H16N3O7P. The fraction of sp³-hybridized carbons (Fsp3) is 0.667. The normalized spacial score (nSPS) is 12.0. The molecule has 0 fully saturated rings. The minimum atomic E-state index is -4.70. The number of nitrogens with two attached hydrogens (primary N) is 3. The molecule has 0 spiro atoms. The van der Waals surface area contributed by atoms with Gasteiger partial charge in [-0.2, -0.15) is 0 Å². The molecule has 1 unspecified atom stereocenters. The molecule has 0 rings (SSSR count). The molecule has 0 aliphatic carbocycles. The van der Waals surface area contributed by atoms with Crippen LogP contribution in [0.2, 0.25) is 0 Å². The number of phosphoric ester groups is 1. The number of carbonyl (C=O) groups excluding carboxylic acids is 1. The van der Waals surface area contributed by atoms with Crippen LogP contribution >= 0.6 is 7.82 Å². The monoisotopic (exact) mass is 273 g/mol. The lowest BCUT2D eigenvalue weighted by atomic mass is 10.2. The summed E-state index contributed by atoms with van der Waals surface area (Å²) in [7, 11) is -4.70. The summed E-state index contributed by atoms with van der Waals surface area (Å²) in [6.45, 7) is 0.501. The summed E-state index contributed by atoms with van der Waals surface area (Å²) in [4.78, 5) is 35.1. The third-order valence-corrected chi connectivity index (χ3v) is 1.66. The van der Waals surface area contributed by atoms with E-state index in [0.29, 0.717) is 19.4 Å². The molecule has 1 atom stereocenters. The second-order valence-electron chi connectivity index (χ2n) is 2.78. The highest BCUT2D eigenvalue weighted by atomic mass is 31.2. The Morgan fingerprint density at radius 3 is 2.00 bits per heavy atom. The third kappa shape index (κ3) is 17.4. The molecule has 9 N–H and O–H groups in total. The van der Waals surface area contributed by atoms with Crippen LogP contribution in [0, 0.1) is 0 Å². The predicted molar refractivity (Wildman–Crippen MR) is 56.6 cm³/mol. The van der Waals surface area contributed by atoms with E-state index in [9.17, 15) is 14.2 Å². The fourth-order valence-electron chi connectivity index (χ4n) is 0.578. The van der Waals surface area contributed by atoms with Crippen molar-refractivity contribution in [1.29, 1.82) is 0 Å². The SMILES string of the molecule is NC(=O)OP(=O)(O)O.NCCCC(N)C(=O)O. The molecule has 102 valence electrons. The summed E-state index contributed by atoms with van der Waals surface area (Å²) in [5.41, 5.74) is 14.5. The Balaban J connectivity index is 0. The van der Waals surface area contributed by atoms with Gasteiger partial charge in [0.2, 0.25) is 0 Å². The quantitative estimate of drug-likeness (QED) is 0.316. The number of carbonyl (C=O) groups is 2. The second kappa shape index (κ2) is 8.90. The molecule has 0 heterocycles. The van der Waals surface area contributed by atoms with Crippen molar-refractivity contribution >= 4 is 19.9 Å². The highest BCUT2D eigenvalue weighted by Gasteiger charge is 2.17. The van der Waals surface area contributed by atoms with Gasteiger partial charge in [-0.15, -0.1) is 0 Å². The number of phosphoric acid groups is 1. The number of aliphatic carboxylic acids is 1. The third-order valence-electron chi connectivity index (χ3n) is 1.25. The molecule has 11 heteroatoms. The first-order valence-electron chi connectivity index (χ1n) is 4.33. The maximum absolute atomic E-state index is 10.0. The summed E-state index contributed by atoms with van der Waals surface area (Å²) < 4.78 is 12.9. The molecule has 0 aromatic rings. The Bertz CT molecular complexity index is 291. The van der Waals surface area contributed by atoms with Crippen molar-refractivity contribution in [3.63, 3.8) is 0 Å². The summed E-state index contributed by atoms with van der Waals surface area (Å²) in [5, 5.41) is 8.24. The molecule has 0 aliphatic heterocycles. The Labute approximate surface area is 97.0 Å². The second-order valence-corrected chi connectivity index (χ2v) is 3.94. The maximum Gasteiger partial charge on any atom is 0.528 e. The van der Waals surface area contributed by atoms with Crippen LogP contribution in [0.1, 0.15) is 12.8 Å². The van der Waals surface area contributed by atoms with Crippen LogP contribution in [0.25, 0.3) is 0 Å². The number of amides is 1. The number of carboxylic acid groups (broad SMARTS) is 1. The van der Waals surface area contributed by atoms with Gasteiger partial charge >= 0.3 is 19.9 Å². The van der Waals surface area contributed by atoms with Crippen molar-refractivity contribution in [2.75, 3.05) is 6.54 Å². The molecule has 0 saturated heterocycles. The summed E-state index contributed by atoms with van der Waals surface area (Å²) in [6.07, 6.45) is -0.349. The van der Waals surface area contributed by atoms with Crippen LogP contribution in [-0.4, -0.2) is 39.5 Å². The van der Waals surface area contributed by atoms with Crippen molar-refractivity contribution in [2.45, 2.75) is 18.9 Å². The van der Waals surface area contributed by atoms with Crippen LogP contribution in [-0.2, 0) is 13.9 Å². The Kier molecular flexibility index (Phi) is 9.52. The van der Waals surface area contributed by atoms with Crippen molar-refractivity contribution in [3.8, 4) is 0 Å². The Morgan fingerprint density at radius 1 is 1.35 bits per heavy atom. The number of primary amides is 1. The van der Waals surface area contributed by atoms with E-state index in [0.717, 1.165) is 0 Å². The van der Waals surface area contributed by atoms with Gasteiger partial charge in [0.15, 0.2) is 0 Å². The molecule has 10 nitrogen and oxygen atoms in total. The lowest BCUT2D eigenvalue weighted by molar-refractivity contribution is -0.138. The zero-order chi connectivity index (χ0) is 14.1. The minimum absolute atomic E-state index is 0.464. The predicted octanol–water partition coefficient (Wildman–Crippen LogP) is -1.69. The topological polar surface area (TPSA) is 199 Å². The average molecular weight is 273 g/mol. The van der Waals surface area contributed by atoms with Gasteiger partial charge in [-0.25, -0.2) is 9.36 Å². The molecule has 0 aliphatic rings. The molecule has 0 radical (unpaired) electrons. The number of rotatable bonds is 5. The van der Waals surface area contributed by atoms with Crippen LogP contribution < -0.4 is 17.2 Å². The van der Waals surface area contributed by atoms with Crippen molar-refractivity contribution in [2.24, 2.45) is 17.2 Å². The first-order valence-corrected chi connectivity index (χ1v) is 5.86. The first-order chi connectivity index (χ1) is 7.60. The van der Waals surface area contributed by atoms with Gasteiger partial charge in [-0.05, 0) is 19.4 Å². The van der Waals surface area contributed by atoms with Crippen LogP contribution in [0.15, 0.2) is 0 Å². The molecule has 0 saturated carbocycles. The van der Waals surface area contributed by atoms with E-state index in [-0.39, 0.29) is 0 Å². The number of hydrogen-bond acceptors (Lipinski definition) is 6. The van der Waals surface area contributed by atoms with Gasteiger partial charge in [0.25, 0.3) is 0 Å². The molecule has 0 aromatic heterocycles. The lowest BCUT2D eigenvalue weighted by Crippen LogP contribution is -2.30. The zero-order valence-corrected chi connectivity index (χ0v) is 9.75. The maximum atomic E-state index is 10.0. The highest BCUT2D eigenvalue weighted by Crippen LogP contribution is 2.35. The van der Waals surface area contributed by atoms with Gasteiger partial charge in [0.1, 0.15) is 6.04 Å². The van der Waals surface area contributed by atoms with Gasteiger partial charge < -0.3 is 26.8 Å². The Morgan fingerprint density at radius 2 is 1.82 bits per heavy atom. The van der Waals surface area contributed by atoms with Crippen LogP contribution in [0.3, 0.4) is 0 Å². The fourth-order valence-corrected chi connectivity index (χ4v) is 0.813. The first kappa shape index (κ1) is 18.2. The van der Waals surface area contributed by atoms with Crippen LogP contribution in [0.4, 0.5) is 4.79 Å². The van der Waals surface area contributed by atoms with Crippen molar-refractivity contribution < 1.29 is 33.6 Å². The Hall–Kier alpha value is -1.19. The van der Waals surface area contributed by atoms with E-state index in [1.165, 1.54) is 0 Å². The van der Waals surface area contributed by atoms with E-state index in [1.54, 1.807) is 0 Å². The van der Waals surface area contributed by atoms with Crippen LogP contribution in [0.5, 0.6) is 0 Å². The molecule has 17 heavy (non-hydrogen) atoms. The smallest absolute Gasteiger partial charge is 0.480 e. The summed E-state index contributed by atoms with van der Waals surface area (Å²) >= 11 is 0. The van der Waals surface area contributed by atoms with Gasteiger partial charge in [-0.3, -0.25) is 14.6 Å². The number of carboxylic acids is 1. The van der Waals surface area contributed by atoms with E-state index < -0.39 is 25.9 Å². The number of hydrogen-bond donors (Lipinski definition) is 6. The molecular weight excluding hydrogens is 257 g/mol. The van der Waals surface area contributed by atoms with Crippen molar-refractivity contribution in [3.05, 3.63) is 0 Å². The largest absolute Gasteiger partial charge is 0.528 e. The molecule has 0 bridgehead atoms. The van der Waals surface area contributed by atoms with Gasteiger partial charge in [-0.1, -0.05) is 0 Å². The average Bonchev–Trinajstić information content (AvgIpc) is 2.10. The van der Waals surface area contributed by atoms with Crippen molar-refractivity contribution in [1.82, 2.24) is 0 Å². The summed E-state index contributed by atoms with van der Waals surface area (Å²) in [6, 6.07) is -0.742. The lowest BCUT2D eigenvalue weighted by Gasteiger charge is -2.02. The van der Waals surface area contributed by atoms with Gasteiger partial charge in [0, 0.05) is 0 Å². The van der Waals surface area contributed by atoms with E-state index >= 15 is 0 Å². The zero-order valence-electron chi connectivity index (χ0n) is 8.85. The van der Waals surface area contributed by atoms with E-state index in [4.69, 9.17) is 26.4 Å². The van der Waals surface area contributed by atoms with Gasteiger partial charge in [0.05, 0.1) is 0 Å². The standard InChI is InChI=1S/C5H12N2O2.CH4NO5P/c6-3-1-2-4(7)5(8)9;2-1(3)7-8(4,5)6/h4H,1-3,6-7H2,(H,8,9);(H2,2,3)(H2,4,5,6).